The molecule has 9 nitrogen and oxygen atoms in total. The zero-order valence-corrected chi connectivity index (χ0v) is 20.6. The Balaban J connectivity index is 1.23. The van der Waals surface area contributed by atoms with Gasteiger partial charge in [0.1, 0.15) is 18.9 Å². The lowest BCUT2D eigenvalue weighted by Gasteiger charge is -2.35. The lowest BCUT2D eigenvalue weighted by Crippen LogP contribution is -2.52. The van der Waals surface area contributed by atoms with Crippen molar-refractivity contribution in [3.8, 4) is 11.5 Å². The van der Waals surface area contributed by atoms with Gasteiger partial charge in [0.25, 0.3) is 5.91 Å². The fourth-order valence-corrected chi connectivity index (χ4v) is 4.26. The number of benzene rings is 3. The smallest absolute Gasteiger partial charge is 0.441 e. The molecule has 9 heteroatoms. The first-order chi connectivity index (χ1) is 18.6. The summed E-state index contributed by atoms with van der Waals surface area (Å²) in [6, 6.07) is 25.4. The van der Waals surface area contributed by atoms with Gasteiger partial charge in [-0.25, -0.2) is 9.78 Å². The van der Waals surface area contributed by atoms with Crippen LogP contribution < -0.4 is 0 Å². The second-order valence-electron chi connectivity index (χ2n) is 8.85. The first-order valence-corrected chi connectivity index (χ1v) is 12.3. The second kappa shape index (κ2) is 11.8. The van der Waals surface area contributed by atoms with Crippen LogP contribution in [0.5, 0.6) is 0 Å². The number of oxazole rings is 1. The van der Waals surface area contributed by atoms with Crippen molar-refractivity contribution in [3.05, 3.63) is 114 Å². The van der Waals surface area contributed by atoms with Gasteiger partial charge in [-0.15, -0.1) is 5.06 Å². The summed E-state index contributed by atoms with van der Waals surface area (Å²) in [5.41, 5.74) is 4.26. The van der Waals surface area contributed by atoms with E-state index >= 15 is 0 Å². The first-order valence-electron chi connectivity index (χ1n) is 12.3. The molecule has 1 aliphatic heterocycles. The molecule has 0 spiro atoms. The van der Waals surface area contributed by atoms with Crippen molar-refractivity contribution in [2.75, 3.05) is 6.61 Å². The Labute approximate surface area is 219 Å². The van der Waals surface area contributed by atoms with E-state index in [0.29, 0.717) is 24.6 Å². The topological polar surface area (TPSA) is 105 Å². The highest BCUT2D eigenvalue weighted by atomic mass is 16.7. The molecular weight excluding hydrogens is 486 g/mol. The normalized spacial score (nSPS) is 15.0. The number of ether oxygens (including phenoxy) is 1. The molecule has 1 aromatic heterocycles. The summed E-state index contributed by atoms with van der Waals surface area (Å²) in [5, 5.41) is 11.9. The maximum absolute atomic E-state index is 13.2. The van der Waals surface area contributed by atoms with Crippen LogP contribution in [0.3, 0.4) is 0 Å². The summed E-state index contributed by atoms with van der Waals surface area (Å²) >= 11 is 0. The van der Waals surface area contributed by atoms with Gasteiger partial charge in [0, 0.05) is 12.0 Å². The van der Waals surface area contributed by atoms with Gasteiger partial charge >= 0.3 is 6.09 Å². The molecule has 0 fully saturated rings. The number of amides is 2. The van der Waals surface area contributed by atoms with E-state index in [1.165, 1.54) is 5.06 Å². The number of hydrogen-bond donors (Lipinski definition) is 1. The van der Waals surface area contributed by atoms with Gasteiger partial charge in [-0.05, 0) is 35.2 Å². The molecule has 1 N–H and O–H groups in total. The molecule has 1 aliphatic rings. The molecule has 1 atom stereocenters. The van der Waals surface area contributed by atoms with Crippen LogP contribution in [0, 0.1) is 0 Å². The van der Waals surface area contributed by atoms with Crippen LogP contribution in [-0.4, -0.2) is 45.0 Å². The third-order valence-corrected chi connectivity index (χ3v) is 6.27. The van der Waals surface area contributed by atoms with Gasteiger partial charge in [0.15, 0.2) is 0 Å². The molecule has 38 heavy (non-hydrogen) atoms. The van der Waals surface area contributed by atoms with Gasteiger partial charge in [0.05, 0.1) is 18.8 Å². The summed E-state index contributed by atoms with van der Waals surface area (Å²) in [6.45, 7) is 0.463. The molecule has 0 aliphatic carbocycles. The fraction of sp³-hybridized carbons (Fsp3) is 0.207. The van der Waals surface area contributed by atoms with Crippen molar-refractivity contribution in [3.63, 3.8) is 0 Å². The molecule has 5 rings (SSSR count). The number of aromatic nitrogens is 1. The minimum absolute atomic E-state index is 0.0294. The Morgan fingerprint density at radius 2 is 1.66 bits per heavy atom. The molecule has 0 saturated heterocycles. The predicted octanol–water partition coefficient (Wildman–Crippen LogP) is 4.80. The zero-order chi connectivity index (χ0) is 26.3. The lowest BCUT2D eigenvalue weighted by atomic mass is 9.95. The third-order valence-electron chi connectivity index (χ3n) is 6.27. The average molecular weight is 514 g/mol. The Morgan fingerprint density at radius 3 is 2.42 bits per heavy atom. The highest BCUT2D eigenvalue weighted by Gasteiger charge is 2.37. The number of rotatable bonds is 8. The highest BCUT2D eigenvalue weighted by Crippen LogP contribution is 2.25. The van der Waals surface area contributed by atoms with Gasteiger partial charge in [0.2, 0.25) is 5.89 Å². The third kappa shape index (κ3) is 5.97. The van der Waals surface area contributed by atoms with Crippen LogP contribution in [0.25, 0.3) is 11.5 Å². The van der Waals surface area contributed by atoms with Crippen LogP contribution in [0.1, 0.15) is 22.4 Å². The number of hydroxylamine groups is 4. The van der Waals surface area contributed by atoms with Gasteiger partial charge < -0.3 is 9.15 Å². The van der Waals surface area contributed by atoms with Gasteiger partial charge in [-0.3, -0.25) is 14.8 Å². The molecule has 0 radical (unpaired) electrons. The number of hydrogen-bond acceptors (Lipinski definition) is 8. The summed E-state index contributed by atoms with van der Waals surface area (Å²) in [5.74, 6) is -0.309. The standard InChI is InChI=1S/C29H27N3O6/c33-28(32(35)29(34)37-19-21-9-3-1-4-10-21)26-17-23-13-7-8-14-24(23)18-31(26)38-16-15-25-20-36-27(30-25)22-11-5-2-6-12-22/h1-14,20,26,35H,15-19H2. The van der Waals surface area contributed by atoms with E-state index in [2.05, 4.69) is 4.98 Å². The Hall–Kier alpha value is -4.31. The molecular formula is C29H27N3O6. The van der Waals surface area contributed by atoms with E-state index in [1.54, 1.807) is 30.5 Å². The van der Waals surface area contributed by atoms with Crippen molar-refractivity contribution >= 4 is 12.0 Å². The average Bonchev–Trinajstić information content (AvgIpc) is 3.45. The molecule has 3 aromatic carbocycles. The molecule has 2 amide bonds. The molecule has 194 valence electrons. The SMILES string of the molecule is O=C(OCc1ccccc1)N(O)C(=O)C1Cc2ccccc2CN1OCCc1coc(-c2ccccc2)n1. The van der Waals surface area contributed by atoms with E-state index in [1.807, 2.05) is 60.7 Å². The van der Waals surface area contributed by atoms with E-state index in [-0.39, 0.29) is 24.7 Å². The van der Waals surface area contributed by atoms with Crippen LogP contribution in [-0.2, 0) is 40.4 Å². The van der Waals surface area contributed by atoms with E-state index in [9.17, 15) is 14.8 Å². The first kappa shape index (κ1) is 25.3. The van der Waals surface area contributed by atoms with Crippen LogP contribution >= 0.6 is 0 Å². The minimum Gasteiger partial charge on any atom is -0.444 e. The largest absolute Gasteiger partial charge is 0.444 e. The zero-order valence-electron chi connectivity index (χ0n) is 20.6. The van der Waals surface area contributed by atoms with Crippen LogP contribution in [0.4, 0.5) is 4.79 Å². The maximum atomic E-state index is 13.2. The maximum Gasteiger partial charge on any atom is 0.441 e. The van der Waals surface area contributed by atoms with Crippen molar-refractivity contribution in [2.24, 2.45) is 0 Å². The Bertz CT molecular complexity index is 1380. The lowest BCUT2D eigenvalue weighted by molar-refractivity contribution is -0.214. The van der Waals surface area contributed by atoms with Crippen molar-refractivity contribution in [2.45, 2.75) is 32.0 Å². The van der Waals surface area contributed by atoms with E-state index in [0.717, 1.165) is 22.3 Å². The quantitative estimate of drug-likeness (QED) is 0.265. The highest BCUT2D eigenvalue weighted by molar-refractivity contribution is 5.93. The molecule has 1 unspecified atom stereocenters. The van der Waals surface area contributed by atoms with Gasteiger partial charge in [-0.1, -0.05) is 72.8 Å². The van der Waals surface area contributed by atoms with Crippen LogP contribution in [0.2, 0.25) is 0 Å². The van der Waals surface area contributed by atoms with E-state index in [4.69, 9.17) is 14.0 Å². The Kier molecular flexibility index (Phi) is 7.89. The van der Waals surface area contributed by atoms with Crippen molar-refractivity contribution in [1.82, 2.24) is 15.1 Å². The Morgan fingerprint density at radius 1 is 0.974 bits per heavy atom. The van der Waals surface area contributed by atoms with Gasteiger partial charge in [-0.2, -0.15) is 5.06 Å². The molecule has 0 bridgehead atoms. The second-order valence-corrected chi connectivity index (χ2v) is 8.85. The number of fused-ring (bicyclic) bond motifs is 1. The summed E-state index contributed by atoms with van der Waals surface area (Å²) in [6.07, 6.45) is 1.14. The molecule has 4 aromatic rings. The predicted molar refractivity (Wildman–Crippen MR) is 136 cm³/mol. The number of carbonyl (C=O) groups excluding carboxylic acids is 2. The van der Waals surface area contributed by atoms with E-state index < -0.39 is 18.0 Å². The minimum atomic E-state index is -1.14. The van der Waals surface area contributed by atoms with Crippen LogP contribution in [0.15, 0.2) is 95.6 Å². The summed E-state index contributed by atoms with van der Waals surface area (Å²) in [7, 11) is 0. The number of imide groups is 1. The fourth-order valence-electron chi connectivity index (χ4n) is 4.26. The number of carbonyl (C=O) groups is 2. The summed E-state index contributed by atoms with van der Waals surface area (Å²) in [4.78, 5) is 36.1. The summed E-state index contributed by atoms with van der Waals surface area (Å²) < 4.78 is 10.7. The molecule has 2 heterocycles. The van der Waals surface area contributed by atoms with Crippen molar-refractivity contribution in [1.29, 1.82) is 0 Å². The monoisotopic (exact) mass is 513 g/mol. The van der Waals surface area contributed by atoms with Crippen molar-refractivity contribution < 1.29 is 28.8 Å². The number of nitrogens with zero attached hydrogens (tertiary/aromatic N) is 3. The molecule has 0 saturated carbocycles.